The van der Waals surface area contributed by atoms with Crippen LogP contribution in [-0.4, -0.2) is 0 Å². The van der Waals surface area contributed by atoms with Crippen LogP contribution in [0.25, 0.3) is 0 Å². The van der Waals surface area contributed by atoms with Crippen LogP contribution in [0.3, 0.4) is 0 Å². The molecule has 0 unspecified atom stereocenters. The number of nitrogens with one attached hydrogen (secondary N) is 1. The summed E-state index contributed by atoms with van der Waals surface area (Å²) in [6.07, 6.45) is 0. The third-order valence-electron chi connectivity index (χ3n) is 2.55. The number of nitrogen functional groups attached to an aromatic ring is 1. The number of thiophene rings is 1. The van der Waals surface area contributed by atoms with Crippen LogP contribution in [-0.2, 0) is 13.1 Å². The van der Waals surface area contributed by atoms with Crippen LogP contribution in [0, 0.1) is 12.7 Å². The molecule has 1 aromatic carbocycles. The molecule has 0 spiro atoms. The molecule has 0 bridgehead atoms. The van der Waals surface area contributed by atoms with E-state index in [0.29, 0.717) is 6.54 Å². The molecule has 1 heterocycles. The molecular weight excluding hydrogens is 235 g/mol. The number of hydrogen-bond donors (Lipinski definition) is 2. The van der Waals surface area contributed by atoms with Gasteiger partial charge in [-0.25, -0.2) is 4.39 Å². The predicted octanol–water partition coefficient (Wildman–Crippen LogP) is 3.07. The highest BCUT2D eigenvalue weighted by molar-refractivity contribution is 7.11. The smallest absolute Gasteiger partial charge is 0.146 e. The molecule has 0 radical (unpaired) electrons. The zero-order chi connectivity index (χ0) is 12.3. The fourth-order valence-electron chi connectivity index (χ4n) is 1.64. The van der Waals surface area contributed by atoms with E-state index in [9.17, 15) is 4.39 Å². The molecule has 0 amide bonds. The van der Waals surface area contributed by atoms with Gasteiger partial charge in [-0.05, 0) is 30.7 Å². The Morgan fingerprint density at radius 1 is 1.24 bits per heavy atom. The summed E-state index contributed by atoms with van der Waals surface area (Å²) in [7, 11) is 0. The number of aryl methyl sites for hydroxylation is 1. The SMILES string of the molecule is Cc1ccc(CNCc2cccc(F)c2N)s1. The summed E-state index contributed by atoms with van der Waals surface area (Å²) < 4.78 is 13.2. The standard InChI is InChI=1S/C13H15FN2S/c1-9-5-6-11(17-9)8-16-7-10-3-2-4-12(14)13(10)15/h2-6,16H,7-8,15H2,1H3. The summed E-state index contributed by atoms with van der Waals surface area (Å²) in [6.45, 7) is 3.45. The summed E-state index contributed by atoms with van der Waals surface area (Å²) in [4.78, 5) is 2.57. The quantitative estimate of drug-likeness (QED) is 0.818. The summed E-state index contributed by atoms with van der Waals surface area (Å²) in [6, 6.07) is 9.09. The molecule has 0 fully saturated rings. The Morgan fingerprint density at radius 3 is 2.76 bits per heavy atom. The van der Waals surface area contributed by atoms with Gasteiger partial charge >= 0.3 is 0 Å². The number of rotatable bonds is 4. The van der Waals surface area contributed by atoms with Crippen molar-refractivity contribution in [1.82, 2.24) is 5.32 Å². The molecule has 3 N–H and O–H groups in total. The minimum atomic E-state index is -0.351. The average Bonchev–Trinajstić information content (AvgIpc) is 2.70. The van der Waals surface area contributed by atoms with Gasteiger partial charge in [-0.2, -0.15) is 0 Å². The lowest BCUT2D eigenvalue weighted by atomic mass is 10.1. The van der Waals surface area contributed by atoms with Crippen LogP contribution >= 0.6 is 11.3 Å². The van der Waals surface area contributed by atoms with Crippen molar-refractivity contribution in [2.24, 2.45) is 0 Å². The van der Waals surface area contributed by atoms with Crippen molar-refractivity contribution in [3.63, 3.8) is 0 Å². The lowest BCUT2D eigenvalue weighted by molar-refractivity contribution is 0.626. The highest BCUT2D eigenvalue weighted by atomic mass is 32.1. The Morgan fingerprint density at radius 2 is 2.06 bits per heavy atom. The lowest BCUT2D eigenvalue weighted by Gasteiger charge is -2.07. The highest BCUT2D eigenvalue weighted by Crippen LogP contribution is 2.17. The van der Waals surface area contributed by atoms with Gasteiger partial charge in [0.05, 0.1) is 5.69 Å². The minimum absolute atomic E-state index is 0.238. The third-order valence-corrected chi connectivity index (χ3v) is 3.55. The van der Waals surface area contributed by atoms with Gasteiger partial charge < -0.3 is 11.1 Å². The van der Waals surface area contributed by atoms with Gasteiger partial charge in [-0.3, -0.25) is 0 Å². The first-order valence-corrected chi connectivity index (χ1v) is 6.27. The van der Waals surface area contributed by atoms with Crippen LogP contribution in [0.5, 0.6) is 0 Å². The zero-order valence-corrected chi connectivity index (χ0v) is 10.5. The van der Waals surface area contributed by atoms with Crippen molar-refractivity contribution in [3.05, 3.63) is 51.5 Å². The molecule has 2 aromatic rings. The van der Waals surface area contributed by atoms with Gasteiger partial charge in [0.25, 0.3) is 0 Å². The molecule has 0 aliphatic rings. The number of para-hydroxylation sites is 1. The Labute approximate surface area is 104 Å². The molecule has 4 heteroatoms. The average molecular weight is 250 g/mol. The Kier molecular flexibility index (Phi) is 3.76. The molecule has 2 nitrogen and oxygen atoms in total. The maximum Gasteiger partial charge on any atom is 0.146 e. The predicted molar refractivity (Wildman–Crippen MR) is 70.4 cm³/mol. The molecule has 0 saturated heterocycles. The summed E-state index contributed by atoms with van der Waals surface area (Å²) in [5.74, 6) is -0.351. The van der Waals surface area contributed by atoms with E-state index in [1.165, 1.54) is 15.8 Å². The van der Waals surface area contributed by atoms with Crippen molar-refractivity contribution >= 4 is 17.0 Å². The van der Waals surface area contributed by atoms with Crippen LogP contribution in [0.15, 0.2) is 30.3 Å². The molecule has 1 aromatic heterocycles. The van der Waals surface area contributed by atoms with E-state index >= 15 is 0 Å². The molecular formula is C13H15FN2S. The molecule has 2 rings (SSSR count). The fraction of sp³-hybridized carbons (Fsp3) is 0.231. The van der Waals surface area contributed by atoms with Crippen molar-refractivity contribution in [2.75, 3.05) is 5.73 Å². The van der Waals surface area contributed by atoms with Crippen molar-refractivity contribution in [1.29, 1.82) is 0 Å². The topological polar surface area (TPSA) is 38.0 Å². The Bertz CT molecular complexity index is 508. The van der Waals surface area contributed by atoms with Crippen LogP contribution in [0.2, 0.25) is 0 Å². The largest absolute Gasteiger partial charge is 0.396 e. The van der Waals surface area contributed by atoms with Gasteiger partial charge in [-0.15, -0.1) is 11.3 Å². The zero-order valence-electron chi connectivity index (χ0n) is 9.66. The van der Waals surface area contributed by atoms with Crippen molar-refractivity contribution in [2.45, 2.75) is 20.0 Å². The van der Waals surface area contributed by atoms with Gasteiger partial charge in [-0.1, -0.05) is 12.1 Å². The van der Waals surface area contributed by atoms with Crippen molar-refractivity contribution in [3.8, 4) is 0 Å². The van der Waals surface area contributed by atoms with Gasteiger partial charge in [0.15, 0.2) is 0 Å². The Hall–Kier alpha value is -1.39. The molecule has 90 valence electrons. The molecule has 0 aliphatic carbocycles. The number of nitrogens with two attached hydrogens (primary N) is 1. The monoisotopic (exact) mass is 250 g/mol. The van der Waals surface area contributed by atoms with Gasteiger partial charge in [0.1, 0.15) is 5.82 Å². The van der Waals surface area contributed by atoms with Crippen molar-refractivity contribution < 1.29 is 4.39 Å². The molecule has 17 heavy (non-hydrogen) atoms. The second-order valence-corrected chi connectivity index (χ2v) is 5.30. The third kappa shape index (κ3) is 3.05. The first kappa shape index (κ1) is 12.1. The first-order valence-electron chi connectivity index (χ1n) is 5.45. The number of benzene rings is 1. The maximum absolute atomic E-state index is 13.2. The number of halogens is 1. The van der Waals surface area contributed by atoms with E-state index in [-0.39, 0.29) is 11.5 Å². The minimum Gasteiger partial charge on any atom is -0.396 e. The van der Waals surface area contributed by atoms with Gasteiger partial charge in [0.2, 0.25) is 0 Å². The molecule has 0 aliphatic heterocycles. The van der Waals surface area contributed by atoms with E-state index in [1.807, 2.05) is 6.07 Å². The van der Waals surface area contributed by atoms with E-state index in [2.05, 4.69) is 24.4 Å². The first-order chi connectivity index (χ1) is 8.16. The second kappa shape index (κ2) is 5.29. The maximum atomic E-state index is 13.2. The van der Waals surface area contributed by atoms with E-state index in [4.69, 9.17) is 5.73 Å². The lowest BCUT2D eigenvalue weighted by Crippen LogP contribution is -2.13. The van der Waals surface area contributed by atoms with Crippen LogP contribution in [0.4, 0.5) is 10.1 Å². The van der Waals surface area contributed by atoms with E-state index < -0.39 is 0 Å². The summed E-state index contributed by atoms with van der Waals surface area (Å²) in [5, 5.41) is 3.26. The van der Waals surface area contributed by atoms with E-state index in [1.54, 1.807) is 17.4 Å². The second-order valence-electron chi connectivity index (χ2n) is 3.93. The van der Waals surface area contributed by atoms with Crippen LogP contribution in [0.1, 0.15) is 15.3 Å². The fourth-order valence-corrected chi connectivity index (χ4v) is 2.50. The molecule has 0 atom stereocenters. The molecule has 0 saturated carbocycles. The normalized spacial score (nSPS) is 10.7. The highest BCUT2D eigenvalue weighted by Gasteiger charge is 2.04. The van der Waals surface area contributed by atoms with Crippen LogP contribution < -0.4 is 11.1 Å². The number of hydrogen-bond acceptors (Lipinski definition) is 3. The summed E-state index contributed by atoms with van der Waals surface area (Å²) in [5.41, 5.74) is 6.70. The Balaban J connectivity index is 1.92. The summed E-state index contributed by atoms with van der Waals surface area (Å²) >= 11 is 1.76. The number of anilines is 1. The van der Waals surface area contributed by atoms with Gasteiger partial charge in [0, 0.05) is 22.8 Å². The van der Waals surface area contributed by atoms with E-state index in [0.717, 1.165) is 12.1 Å².